The van der Waals surface area contributed by atoms with Crippen LogP contribution < -0.4 is 0 Å². The van der Waals surface area contributed by atoms with Crippen molar-refractivity contribution in [2.45, 2.75) is 71.6 Å². The topological polar surface area (TPSA) is 34.1 Å². The molecule has 4 saturated carbocycles. The Morgan fingerprint density at radius 3 is 2.71 bits per heavy atom. The van der Waals surface area contributed by atoms with Crippen LogP contribution in [0.25, 0.3) is 0 Å². The van der Waals surface area contributed by atoms with Gasteiger partial charge in [0.1, 0.15) is 11.6 Å². The van der Waals surface area contributed by atoms with E-state index in [2.05, 4.69) is 6.92 Å². The standard InChI is InChI=1S/C19H28O2/c1-18-9-7-13(20)11-12(18)3-4-14-15-5-6-17(21)19(15,2)10-8-16(14)18/h12,14-16H,3-11H2,1-2H3/t12-,14+,15+,16+,18+,19+/m0/s1/i1D3. The van der Waals surface area contributed by atoms with Crippen LogP contribution in [0.15, 0.2) is 0 Å². The highest BCUT2D eigenvalue weighted by molar-refractivity contribution is 5.87. The van der Waals surface area contributed by atoms with Gasteiger partial charge in [-0.1, -0.05) is 13.8 Å². The Balaban J connectivity index is 1.75. The fourth-order valence-electron chi connectivity index (χ4n) is 6.45. The van der Waals surface area contributed by atoms with Crippen molar-refractivity contribution in [3.05, 3.63) is 0 Å². The molecule has 4 aliphatic rings. The number of Topliss-reactive ketones (excluding diaryl/α,β-unsaturated/α-hetero) is 2. The van der Waals surface area contributed by atoms with E-state index >= 15 is 0 Å². The summed E-state index contributed by atoms with van der Waals surface area (Å²) in [6.45, 7) is 0.125. The maximum absolute atomic E-state index is 12.5. The zero-order valence-corrected chi connectivity index (χ0v) is 13.0. The van der Waals surface area contributed by atoms with Gasteiger partial charge in [0.25, 0.3) is 0 Å². The first-order valence-corrected chi connectivity index (χ1v) is 8.75. The minimum Gasteiger partial charge on any atom is -0.300 e. The van der Waals surface area contributed by atoms with Crippen LogP contribution >= 0.6 is 0 Å². The zero-order chi connectivity index (χ0) is 17.3. The van der Waals surface area contributed by atoms with Gasteiger partial charge in [0.2, 0.25) is 0 Å². The Bertz CT molecular complexity index is 584. The van der Waals surface area contributed by atoms with Crippen LogP contribution in [0, 0.1) is 34.5 Å². The van der Waals surface area contributed by atoms with Crippen molar-refractivity contribution in [3.63, 3.8) is 0 Å². The summed E-state index contributed by atoms with van der Waals surface area (Å²) in [6.07, 6.45) is 6.60. The lowest BCUT2D eigenvalue weighted by molar-refractivity contribution is -0.144. The molecule has 6 atom stereocenters. The third-order valence-corrected chi connectivity index (χ3v) is 7.68. The number of hydrogen-bond acceptors (Lipinski definition) is 2. The smallest absolute Gasteiger partial charge is 0.139 e. The molecule has 2 heteroatoms. The Labute approximate surface area is 132 Å². The van der Waals surface area contributed by atoms with Crippen molar-refractivity contribution >= 4 is 11.6 Å². The fraction of sp³-hybridized carbons (Fsp3) is 0.895. The molecule has 0 N–H and O–H groups in total. The molecule has 0 aromatic carbocycles. The van der Waals surface area contributed by atoms with Gasteiger partial charge >= 0.3 is 0 Å². The first-order valence-electron chi connectivity index (χ1n) is 10.2. The van der Waals surface area contributed by atoms with Crippen LogP contribution in [0.3, 0.4) is 0 Å². The molecule has 0 unspecified atom stereocenters. The van der Waals surface area contributed by atoms with E-state index in [1.165, 1.54) is 0 Å². The van der Waals surface area contributed by atoms with Crippen molar-refractivity contribution in [2.24, 2.45) is 34.5 Å². The lowest BCUT2D eigenvalue weighted by Crippen LogP contribution is -2.53. The predicted molar refractivity (Wildman–Crippen MR) is 81.7 cm³/mol. The van der Waals surface area contributed by atoms with Gasteiger partial charge in [-0.25, -0.2) is 0 Å². The number of carbonyl (C=O) groups is 2. The van der Waals surface area contributed by atoms with E-state index in [4.69, 9.17) is 4.11 Å². The van der Waals surface area contributed by atoms with Crippen molar-refractivity contribution in [3.8, 4) is 0 Å². The average Bonchev–Trinajstić information content (AvgIpc) is 2.81. The fourth-order valence-corrected chi connectivity index (χ4v) is 6.45. The van der Waals surface area contributed by atoms with Crippen LogP contribution in [0.4, 0.5) is 0 Å². The molecule has 0 aromatic heterocycles. The Morgan fingerprint density at radius 2 is 1.90 bits per heavy atom. The lowest BCUT2D eigenvalue weighted by atomic mass is 9.45. The molecular weight excluding hydrogens is 260 g/mol. The number of fused-ring (bicyclic) bond motifs is 5. The van der Waals surface area contributed by atoms with Gasteiger partial charge < -0.3 is 0 Å². The molecule has 2 nitrogen and oxygen atoms in total. The third kappa shape index (κ3) is 1.77. The van der Waals surface area contributed by atoms with Crippen LogP contribution in [0.5, 0.6) is 0 Å². The predicted octanol–water partition coefficient (Wildman–Crippen LogP) is 4.17. The summed E-state index contributed by atoms with van der Waals surface area (Å²) >= 11 is 0. The summed E-state index contributed by atoms with van der Waals surface area (Å²) in [4.78, 5) is 24.4. The summed E-state index contributed by atoms with van der Waals surface area (Å²) in [5.74, 6) is 1.56. The van der Waals surface area contributed by atoms with Crippen LogP contribution in [-0.2, 0) is 9.59 Å². The van der Waals surface area contributed by atoms with E-state index in [1.54, 1.807) is 0 Å². The SMILES string of the molecule is [2H]C([2H])([2H])[C@@]12CCC(=O)C[C@@H]1CC[C@H]1[C@H]2CC[C@@]2(C)C(=O)CC[C@H]12. The monoisotopic (exact) mass is 291 g/mol. The molecular formula is C19H28O2. The summed E-state index contributed by atoms with van der Waals surface area (Å²) in [5.41, 5.74) is -0.898. The quantitative estimate of drug-likeness (QED) is 0.671. The molecule has 4 aliphatic carbocycles. The molecule has 4 rings (SSSR count). The summed E-state index contributed by atoms with van der Waals surface area (Å²) in [7, 11) is 0. The molecule has 0 aliphatic heterocycles. The Morgan fingerprint density at radius 1 is 1.05 bits per heavy atom. The van der Waals surface area contributed by atoms with Crippen molar-refractivity contribution in [1.29, 1.82) is 0 Å². The summed E-state index contributed by atoms with van der Waals surface area (Å²) in [6, 6.07) is 0. The normalized spacial score (nSPS) is 55.8. The van der Waals surface area contributed by atoms with E-state index in [0.29, 0.717) is 43.3 Å². The van der Waals surface area contributed by atoms with Crippen LogP contribution in [0.2, 0.25) is 0 Å². The lowest BCUT2D eigenvalue weighted by Gasteiger charge is -2.59. The summed E-state index contributed by atoms with van der Waals surface area (Å²) in [5, 5.41) is 0. The zero-order valence-electron chi connectivity index (χ0n) is 16.0. The Hall–Kier alpha value is -0.660. The molecule has 21 heavy (non-hydrogen) atoms. The van der Waals surface area contributed by atoms with Gasteiger partial charge in [0, 0.05) is 28.8 Å². The molecule has 0 spiro atoms. The second-order valence-electron chi connectivity index (χ2n) is 8.35. The molecule has 0 bridgehead atoms. The number of rotatable bonds is 0. The highest BCUT2D eigenvalue weighted by atomic mass is 16.1. The van der Waals surface area contributed by atoms with Crippen LogP contribution in [-0.4, -0.2) is 11.6 Å². The highest BCUT2D eigenvalue weighted by Crippen LogP contribution is 2.65. The molecule has 0 aromatic rings. The van der Waals surface area contributed by atoms with Gasteiger partial charge in [0.05, 0.1) is 0 Å². The second kappa shape index (κ2) is 4.43. The van der Waals surface area contributed by atoms with E-state index in [1.807, 2.05) is 0 Å². The molecule has 0 radical (unpaired) electrons. The first-order chi connectivity index (χ1) is 11.2. The summed E-state index contributed by atoms with van der Waals surface area (Å²) < 4.78 is 25.1. The molecule has 0 heterocycles. The van der Waals surface area contributed by atoms with E-state index in [9.17, 15) is 9.59 Å². The van der Waals surface area contributed by atoms with E-state index in [0.717, 1.165) is 32.1 Å². The largest absolute Gasteiger partial charge is 0.300 e. The molecule has 0 saturated heterocycles. The van der Waals surface area contributed by atoms with Crippen molar-refractivity contribution in [2.75, 3.05) is 0 Å². The van der Waals surface area contributed by atoms with Crippen LogP contribution in [0.1, 0.15) is 75.7 Å². The van der Waals surface area contributed by atoms with Gasteiger partial charge in [0.15, 0.2) is 0 Å². The highest BCUT2D eigenvalue weighted by Gasteiger charge is 2.60. The minimum absolute atomic E-state index is 0.0222. The van der Waals surface area contributed by atoms with Crippen molar-refractivity contribution < 1.29 is 13.7 Å². The average molecular weight is 291 g/mol. The van der Waals surface area contributed by atoms with Gasteiger partial charge in [-0.15, -0.1) is 0 Å². The van der Waals surface area contributed by atoms with Gasteiger partial charge in [-0.2, -0.15) is 0 Å². The molecule has 116 valence electrons. The Kier molecular flexibility index (Phi) is 2.31. The number of hydrogen-bond donors (Lipinski definition) is 0. The number of ketones is 2. The first kappa shape index (κ1) is 11.0. The van der Waals surface area contributed by atoms with E-state index in [-0.39, 0.29) is 23.0 Å². The molecule has 4 fully saturated rings. The van der Waals surface area contributed by atoms with Crippen molar-refractivity contribution in [1.82, 2.24) is 0 Å². The van der Waals surface area contributed by atoms with Gasteiger partial charge in [-0.3, -0.25) is 9.59 Å². The molecule has 0 amide bonds. The second-order valence-corrected chi connectivity index (χ2v) is 8.35. The minimum atomic E-state index is -2.00. The van der Waals surface area contributed by atoms with Gasteiger partial charge in [-0.05, 0) is 67.6 Å². The maximum Gasteiger partial charge on any atom is 0.139 e. The van der Waals surface area contributed by atoms with E-state index < -0.39 is 12.3 Å². The number of carbonyl (C=O) groups excluding carboxylic acids is 2. The third-order valence-electron chi connectivity index (χ3n) is 7.68. The maximum atomic E-state index is 12.5.